The molecule has 0 saturated carbocycles. The summed E-state index contributed by atoms with van der Waals surface area (Å²) in [4.78, 5) is 28.6. The summed E-state index contributed by atoms with van der Waals surface area (Å²) in [6, 6.07) is 11.1. The Hall–Kier alpha value is -3.28. The van der Waals surface area contributed by atoms with Crippen molar-refractivity contribution < 1.29 is 22.7 Å². The Labute approximate surface area is 199 Å². The number of sulfonamides is 1. The molecule has 13 heteroatoms. The van der Waals surface area contributed by atoms with Crippen molar-refractivity contribution in [1.82, 2.24) is 15.2 Å². The number of ether oxygens (including phenoxy) is 1. The van der Waals surface area contributed by atoms with Gasteiger partial charge in [-0.2, -0.15) is 0 Å². The molecule has 0 bridgehead atoms. The summed E-state index contributed by atoms with van der Waals surface area (Å²) in [5, 5.41) is 9.88. The van der Waals surface area contributed by atoms with Crippen LogP contribution in [-0.2, 0) is 19.6 Å². The van der Waals surface area contributed by atoms with E-state index in [2.05, 4.69) is 25.2 Å². The van der Waals surface area contributed by atoms with Crippen molar-refractivity contribution in [2.75, 3.05) is 10.0 Å². The zero-order valence-electron chi connectivity index (χ0n) is 17.0. The number of nitrogens with one attached hydrogen (secondary N) is 2. The highest BCUT2D eigenvalue weighted by atomic mass is 35.5. The van der Waals surface area contributed by atoms with Crippen molar-refractivity contribution in [3.63, 3.8) is 0 Å². The average Bonchev–Trinajstić information content (AvgIpc) is 2.79. The Morgan fingerprint density at radius 3 is 2.39 bits per heavy atom. The van der Waals surface area contributed by atoms with E-state index in [0.717, 1.165) is 0 Å². The van der Waals surface area contributed by atoms with E-state index < -0.39 is 28.0 Å². The van der Waals surface area contributed by atoms with Crippen molar-refractivity contribution in [3.05, 3.63) is 70.6 Å². The van der Waals surface area contributed by atoms with Gasteiger partial charge in [-0.1, -0.05) is 30.1 Å². The first kappa shape index (κ1) is 24.4. The number of halogens is 2. The van der Waals surface area contributed by atoms with Crippen LogP contribution in [0.3, 0.4) is 0 Å². The van der Waals surface area contributed by atoms with Gasteiger partial charge in [0, 0.05) is 11.9 Å². The molecule has 0 aliphatic heterocycles. The number of nitrogens with zero attached hydrogens (tertiary/aromatic N) is 3. The van der Waals surface area contributed by atoms with Crippen LogP contribution < -0.4 is 10.0 Å². The molecule has 3 aromatic rings. The van der Waals surface area contributed by atoms with Gasteiger partial charge in [-0.3, -0.25) is 9.52 Å². The maximum Gasteiger partial charge on any atom is 0.342 e. The lowest BCUT2D eigenvalue weighted by atomic mass is 10.2. The first-order valence-electron chi connectivity index (χ1n) is 9.44. The number of benzene rings is 1. The van der Waals surface area contributed by atoms with E-state index in [1.54, 1.807) is 6.92 Å². The lowest BCUT2D eigenvalue weighted by Crippen LogP contribution is -2.32. The molecule has 0 aliphatic rings. The molecular weight excluding hydrogens is 493 g/mol. The number of esters is 1. The van der Waals surface area contributed by atoms with E-state index in [4.69, 9.17) is 27.9 Å². The molecule has 10 nitrogen and oxygen atoms in total. The molecule has 172 valence electrons. The molecular formula is C20H17Cl2N5O5S. The third-order valence-electron chi connectivity index (χ3n) is 4.19. The number of aromatic nitrogens is 3. The smallest absolute Gasteiger partial charge is 0.342 e. The van der Waals surface area contributed by atoms with Crippen LogP contribution in [0.25, 0.3) is 0 Å². The van der Waals surface area contributed by atoms with Crippen LogP contribution >= 0.6 is 23.2 Å². The summed E-state index contributed by atoms with van der Waals surface area (Å²) in [6.45, 7) is 1.67. The highest BCUT2D eigenvalue weighted by Gasteiger charge is 2.24. The topological polar surface area (TPSA) is 140 Å². The summed E-state index contributed by atoms with van der Waals surface area (Å²) < 4.78 is 32.5. The maximum absolute atomic E-state index is 12.6. The standard InChI is InChI=1S/C20H17Cl2N5O5S/c1-2-15(32-20(29)14-4-3-11-23-18(14)22)19(28)24-12-5-7-13(8-6-12)33(30,31)27-17-10-9-16(21)25-26-17/h3-11,15H,2H2,1H3,(H,24,28)(H,26,27). The van der Waals surface area contributed by atoms with E-state index in [1.165, 1.54) is 54.7 Å². The van der Waals surface area contributed by atoms with Gasteiger partial charge in [0.15, 0.2) is 17.1 Å². The monoisotopic (exact) mass is 509 g/mol. The van der Waals surface area contributed by atoms with Crippen LogP contribution in [0.2, 0.25) is 10.3 Å². The summed E-state index contributed by atoms with van der Waals surface area (Å²) in [5.41, 5.74) is 0.344. The van der Waals surface area contributed by atoms with Gasteiger partial charge in [0.25, 0.3) is 15.9 Å². The number of rotatable bonds is 8. The third kappa shape index (κ3) is 6.37. The number of carbonyl (C=O) groups is 2. The van der Waals surface area contributed by atoms with Crippen molar-refractivity contribution in [1.29, 1.82) is 0 Å². The Bertz CT molecular complexity index is 1250. The number of carbonyl (C=O) groups excluding carboxylic acids is 2. The summed E-state index contributed by atoms with van der Waals surface area (Å²) in [6.07, 6.45) is 0.529. The second-order valence-electron chi connectivity index (χ2n) is 6.50. The van der Waals surface area contributed by atoms with Crippen LogP contribution in [0, 0.1) is 0 Å². The molecule has 1 unspecified atom stereocenters. The summed E-state index contributed by atoms with van der Waals surface area (Å²) in [7, 11) is -3.94. The number of hydrogen-bond donors (Lipinski definition) is 2. The van der Waals surface area contributed by atoms with Gasteiger partial charge < -0.3 is 10.1 Å². The second kappa shape index (κ2) is 10.6. The molecule has 2 N–H and O–H groups in total. The normalized spacial score (nSPS) is 12.0. The van der Waals surface area contributed by atoms with Crippen molar-refractivity contribution >= 4 is 56.6 Å². The second-order valence-corrected chi connectivity index (χ2v) is 8.93. The summed E-state index contributed by atoms with van der Waals surface area (Å²) in [5.74, 6) is -1.37. The van der Waals surface area contributed by atoms with E-state index >= 15 is 0 Å². The van der Waals surface area contributed by atoms with Crippen molar-refractivity contribution in [2.45, 2.75) is 24.3 Å². The minimum absolute atomic E-state index is 0.00176. The molecule has 0 aliphatic carbocycles. The molecule has 33 heavy (non-hydrogen) atoms. The van der Waals surface area contributed by atoms with Gasteiger partial charge in [-0.15, -0.1) is 10.2 Å². The highest BCUT2D eigenvalue weighted by molar-refractivity contribution is 7.92. The highest BCUT2D eigenvalue weighted by Crippen LogP contribution is 2.19. The number of anilines is 2. The molecule has 0 fully saturated rings. The predicted molar refractivity (Wildman–Crippen MR) is 122 cm³/mol. The summed E-state index contributed by atoms with van der Waals surface area (Å²) >= 11 is 11.5. The molecule has 1 atom stereocenters. The fourth-order valence-corrected chi connectivity index (χ4v) is 3.85. The molecule has 2 heterocycles. The number of pyridine rings is 1. The first-order chi connectivity index (χ1) is 15.7. The predicted octanol–water partition coefficient (Wildman–Crippen LogP) is 3.55. The van der Waals surface area contributed by atoms with Gasteiger partial charge in [0.05, 0.1) is 10.5 Å². The largest absolute Gasteiger partial charge is 0.449 e. The fraction of sp³-hybridized carbons (Fsp3) is 0.150. The van der Waals surface area contributed by atoms with Crippen LogP contribution in [-0.4, -0.2) is 41.6 Å². The molecule has 1 aromatic carbocycles. The third-order valence-corrected chi connectivity index (χ3v) is 6.07. The molecule has 0 radical (unpaired) electrons. The molecule has 2 aromatic heterocycles. The fourth-order valence-electron chi connectivity index (χ4n) is 2.56. The van der Waals surface area contributed by atoms with E-state index in [-0.39, 0.29) is 33.0 Å². The first-order valence-corrected chi connectivity index (χ1v) is 11.7. The average molecular weight is 510 g/mol. The van der Waals surface area contributed by atoms with Crippen LogP contribution in [0.4, 0.5) is 11.5 Å². The lowest BCUT2D eigenvalue weighted by molar-refractivity contribution is -0.124. The van der Waals surface area contributed by atoms with Gasteiger partial charge in [-0.25, -0.2) is 18.2 Å². The number of amides is 1. The van der Waals surface area contributed by atoms with Gasteiger partial charge in [-0.05, 0) is 55.0 Å². The minimum Gasteiger partial charge on any atom is -0.449 e. The molecule has 0 saturated heterocycles. The Balaban J connectivity index is 1.65. The van der Waals surface area contributed by atoms with E-state index in [1.807, 2.05) is 0 Å². The molecule has 3 rings (SSSR count). The molecule has 1 amide bonds. The quantitative estimate of drug-likeness (QED) is 0.346. The van der Waals surface area contributed by atoms with E-state index in [9.17, 15) is 18.0 Å². The van der Waals surface area contributed by atoms with Gasteiger partial charge in [0.2, 0.25) is 0 Å². The van der Waals surface area contributed by atoms with E-state index in [0.29, 0.717) is 5.69 Å². The lowest BCUT2D eigenvalue weighted by Gasteiger charge is -2.16. The van der Waals surface area contributed by atoms with Gasteiger partial charge >= 0.3 is 5.97 Å². The zero-order chi connectivity index (χ0) is 24.0. The van der Waals surface area contributed by atoms with Crippen LogP contribution in [0.5, 0.6) is 0 Å². The Morgan fingerprint density at radius 2 is 1.79 bits per heavy atom. The Kier molecular flexibility index (Phi) is 7.79. The number of hydrogen-bond acceptors (Lipinski definition) is 8. The SMILES string of the molecule is CCC(OC(=O)c1cccnc1Cl)C(=O)Nc1ccc(S(=O)(=O)Nc2ccc(Cl)nn2)cc1. The Morgan fingerprint density at radius 1 is 1.06 bits per heavy atom. The zero-order valence-corrected chi connectivity index (χ0v) is 19.4. The van der Waals surface area contributed by atoms with Crippen LogP contribution in [0.1, 0.15) is 23.7 Å². The van der Waals surface area contributed by atoms with Crippen molar-refractivity contribution in [3.8, 4) is 0 Å². The van der Waals surface area contributed by atoms with Crippen LogP contribution in [0.15, 0.2) is 59.6 Å². The minimum atomic E-state index is -3.94. The molecule has 0 spiro atoms. The maximum atomic E-state index is 12.6. The van der Waals surface area contributed by atoms with Crippen molar-refractivity contribution in [2.24, 2.45) is 0 Å². The van der Waals surface area contributed by atoms with Gasteiger partial charge in [0.1, 0.15) is 5.15 Å².